The van der Waals surface area contributed by atoms with Crippen molar-refractivity contribution in [3.8, 4) is 5.75 Å². The van der Waals surface area contributed by atoms with Crippen molar-refractivity contribution in [3.63, 3.8) is 0 Å². The molecule has 2 N–H and O–H groups in total. The quantitative estimate of drug-likeness (QED) is 0.436. The van der Waals surface area contributed by atoms with Crippen LogP contribution in [0.15, 0.2) is 11.2 Å². The molecule has 6 heteroatoms. The van der Waals surface area contributed by atoms with Crippen LogP contribution in [-0.2, 0) is 6.54 Å². The molecule has 1 aromatic heterocycles. The normalized spacial score (nSPS) is 15.7. The number of aliphatic imine (C=N–C) groups is 1. The van der Waals surface area contributed by atoms with Crippen molar-refractivity contribution in [2.45, 2.75) is 58.5 Å². The zero-order chi connectivity index (χ0) is 15.9. The molecule has 1 fully saturated rings. The number of aryl methyl sites for hydroxylation is 1. The summed E-state index contributed by atoms with van der Waals surface area (Å²) in [4.78, 5) is 8.84. The molecule has 0 aromatic carbocycles. The van der Waals surface area contributed by atoms with E-state index >= 15 is 0 Å². The van der Waals surface area contributed by atoms with Gasteiger partial charge in [0.1, 0.15) is 5.75 Å². The first-order valence-electron chi connectivity index (χ1n) is 8.12. The van der Waals surface area contributed by atoms with Gasteiger partial charge in [0, 0.05) is 30.4 Å². The molecule has 0 radical (unpaired) electrons. The molecule has 5 nitrogen and oxygen atoms in total. The number of halogens is 1. The fourth-order valence-corrected chi connectivity index (χ4v) is 3.05. The molecule has 1 heterocycles. The van der Waals surface area contributed by atoms with Crippen molar-refractivity contribution in [2.24, 2.45) is 4.99 Å². The highest BCUT2D eigenvalue weighted by Gasteiger charge is 2.15. The van der Waals surface area contributed by atoms with E-state index in [0.29, 0.717) is 12.6 Å². The second-order valence-corrected chi connectivity index (χ2v) is 5.95. The van der Waals surface area contributed by atoms with Gasteiger partial charge in [-0.1, -0.05) is 19.3 Å². The molecule has 23 heavy (non-hydrogen) atoms. The summed E-state index contributed by atoms with van der Waals surface area (Å²) < 4.78 is 5.46. The van der Waals surface area contributed by atoms with Gasteiger partial charge in [-0.15, -0.1) is 24.0 Å². The van der Waals surface area contributed by atoms with Crippen LogP contribution in [0.25, 0.3) is 0 Å². The largest absolute Gasteiger partial charge is 0.496 e. The van der Waals surface area contributed by atoms with E-state index in [1.165, 1.54) is 32.1 Å². The Kier molecular flexibility index (Phi) is 8.65. The number of nitrogens with one attached hydrogen (secondary N) is 2. The van der Waals surface area contributed by atoms with E-state index in [2.05, 4.69) is 20.6 Å². The van der Waals surface area contributed by atoms with E-state index in [0.717, 1.165) is 28.5 Å². The summed E-state index contributed by atoms with van der Waals surface area (Å²) in [6.07, 6.45) is 8.30. The van der Waals surface area contributed by atoms with Crippen molar-refractivity contribution in [1.82, 2.24) is 15.6 Å². The maximum Gasteiger partial charge on any atom is 0.191 e. The number of methoxy groups -OCH3 is 1. The van der Waals surface area contributed by atoms with Crippen LogP contribution in [0.1, 0.15) is 48.9 Å². The van der Waals surface area contributed by atoms with Gasteiger partial charge in [-0.3, -0.25) is 9.98 Å². The molecule has 2 rings (SSSR count). The van der Waals surface area contributed by atoms with Crippen LogP contribution >= 0.6 is 24.0 Å². The lowest BCUT2D eigenvalue weighted by Gasteiger charge is -2.25. The zero-order valence-corrected chi connectivity index (χ0v) is 16.9. The second-order valence-electron chi connectivity index (χ2n) is 5.95. The molecule has 1 aliphatic rings. The van der Waals surface area contributed by atoms with E-state index < -0.39 is 0 Å². The lowest BCUT2D eigenvalue weighted by Crippen LogP contribution is -2.44. The number of ether oxygens (including phenoxy) is 1. The Morgan fingerprint density at radius 1 is 1.30 bits per heavy atom. The van der Waals surface area contributed by atoms with Crippen LogP contribution in [-0.4, -0.2) is 31.1 Å². The highest BCUT2D eigenvalue weighted by Crippen LogP contribution is 2.23. The van der Waals surface area contributed by atoms with Gasteiger partial charge >= 0.3 is 0 Å². The summed E-state index contributed by atoms with van der Waals surface area (Å²) in [6, 6.07) is 0.543. The molecular formula is C17H29IN4O. The SMILES string of the molecule is CN=C(NCc1ncc(C)c(OC)c1C)NC1CCCCC1.I. The topological polar surface area (TPSA) is 58.5 Å². The Labute approximate surface area is 156 Å². The smallest absolute Gasteiger partial charge is 0.191 e. The van der Waals surface area contributed by atoms with Crippen LogP contribution < -0.4 is 15.4 Å². The average molecular weight is 432 g/mol. The Balaban J connectivity index is 0.00000264. The Bertz CT molecular complexity index is 528. The number of nitrogens with zero attached hydrogens (tertiary/aromatic N) is 2. The minimum Gasteiger partial charge on any atom is -0.496 e. The predicted molar refractivity (Wildman–Crippen MR) is 106 cm³/mol. The lowest BCUT2D eigenvalue weighted by atomic mass is 9.96. The van der Waals surface area contributed by atoms with Gasteiger partial charge in [-0.2, -0.15) is 0 Å². The highest BCUT2D eigenvalue weighted by atomic mass is 127. The number of rotatable bonds is 4. The van der Waals surface area contributed by atoms with Gasteiger partial charge in [0.25, 0.3) is 0 Å². The Morgan fingerprint density at radius 3 is 2.61 bits per heavy atom. The third-order valence-electron chi connectivity index (χ3n) is 4.34. The summed E-state index contributed by atoms with van der Waals surface area (Å²) in [6.45, 7) is 4.71. The first-order valence-corrected chi connectivity index (χ1v) is 8.12. The lowest BCUT2D eigenvalue weighted by molar-refractivity contribution is 0.406. The van der Waals surface area contributed by atoms with E-state index in [4.69, 9.17) is 4.74 Å². The molecule has 1 saturated carbocycles. The standard InChI is InChI=1S/C17H28N4O.HI/c1-12-10-19-15(13(2)16(12)22-4)11-20-17(18-3)21-14-8-6-5-7-9-14;/h10,14H,5-9,11H2,1-4H3,(H2,18,20,21);1H. The zero-order valence-electron chi connectivity index (χ0n) is 14.6. The molecule has 0 bridgehead atoms. The molecule has 1 aromatic rings. The van der Waals surface area contributed by atoms with E-state index in [1.807, 2.05) is 27.1 Å². The fraction of sp³-hybridized carbons (Fsp3) is 0.647. The molecule has 130 valence electrons. The average Bonchev–Trinajstić information content (AvgIpc) is 2.54. The summed E-state index contributed by atoms with van der Waals surface area (Å²) >= 11 is 0. The molecule has 0 atom stereocenters. The molecular weight excluding hydrogens is 403 g/mol. The van der Waals surface area contributed by atoms with Crippen molar-refractivity contribution >= 4 is 29.9 Å². The van der Waals surface area contributed by atoms with Crippen molar-refractivity contribution < 1.29 is 4.74 Å². The third-order valence-corrected chi connectivity index (χ3v) is 4.34. The van der Waals surface area contributed by atoms with Crippen LogP contribution in [0.4, 0.5) is 0 Å². The van der Waals surface area contributed by atoms with Gasteiger partial charge in [0.15, 0.2) is 5.96 Å². The molecule has 1 aliphatic carbocycles. The molecule has 0 unspecified atom stereocenters. The first kappa shape index (κ1) is 20.0. The van der Waals surface area contributed by atoms with E-state index in [-0.39, 0.29) is 24.0 Å². The molecule has 0 aliphatic heterocycles. The van der Waals surface area contributed by atoms with E-state index in [1.54, 1.807) is 7.11 Å². The van der Waals surface area contributed by atoms with Crippen molar-refractivity contribution in [2.75, 3.05) is 14.2 Å². The van der Waals surface area contributed by atoms with Crippen LogP contribution in [0.5, 0.6) is 5.75 Å². The second kappa shape index (κ2) is 9.95. The predicted octanol–water partition coefficient (Wildman–Crippen LogP) is 3.32. The Morgan fingerprint density at radius 2 is 2.00 bits per heavy atom. The number of pyridine rings is 1. The number of hydrogen-bond donors (Lipinski definition) is 2. The summed E-state index contributed by atoms with van der Waals surface area (Å²) in [5.41, 5.74) is 3.14. The van der Waals surface area contributed by atoms with Crippen molar-refractivity contribution in [1.29, 1.82) is 0 Å². The van der Waals surface area contributed by atoms with Gasteiger partial charge in [0.2, 0.25) is 0 Å². The van der Waals surface area contributed by atoms with Crippen LogP contribution in [0, 0.1) is 13.8 Å². The van der Waals surface area contributed by atoms with E-state index in [9.17, 15) is 0 Å². The number of aromatic nitrogens is 1. The maximum absolute atomic E-state index is 5.46. The summed E-state index contributed by atoms with van der Waals surface area (Å²) in [5.74, 6) is 1.77. The van der Waals surface area contributed by atoms with Gasteiger partial charge in [-0.25, -0.2) is 0 Å². The van der Waals surface area contributed by atoms with Gasteiger partial charge in [0.05, 0.1) is 19.3 Å². The molecule has 0 amide bonds. The van der Waals surface area contributed by atoms with Crippen LogP contribution in [0.2, 0.25) is 0 Å². The fourth-order valence-electron chi connectivity index (χ4n) is 3.05. The van der Waals surface area contributed by atoms with Gasteiger partial charge in [-0.05, 0) is 26.7 Å². The molecule has 0 saturated heterocycles. The third kappa shape index (κ3) is 5.51. The monoisotopic (exact) mass is 432 g/mol. The summed E-state index contributed by atoms with van der Waals surface area (Å²) in [7, 11) is 3.52. The Hall–Kier alpha value is -1.05. The molecule has 0 spiro atoms. The minimum atomic E-state index is 0. The van der Waals surface area contributed by atoms with Crippen molar-refractivity contribution in [3.05, 3.63) is 23.0 Å². The first-order chi connectivity index (χ1) is 10.7. The highest BCUT2D eigenvalue weighted by molar-refractivity contribution is 14.0. The summed E-state index contributed by atoms with van der Waals surface area (Å²) in [5, 5.41) is 6.88. The minimum absolute atomic E-state index is 0. The maximum atomic E-state index is 5.46. The van der Waals surface area contributed by atoms with Crippen LogP contribution in [0.3, 0.4) is 0 Å². The number of hydrogen-bond acceptors (Lipinski definition) is 3. The van der Waals surface area contributed by atoms with Gasteiger partial charge < -0.3 is 15.4 Å². The number of guanidine groups is 1.